The first kappa shape index (κ1) is 16.7. The normalized spacial score (nSPS) is 11.0. The lowest BCUT2D eigenvalue weighted by atomic mass is 9.90. The molecule has 2 rings (SSSR count). The third kappa shape index (κ3) is 4.16. The van der Waals surface area contributed by atoms with E-state index < -0.39 is 17.2 Å². The van der Waals surface area contributed by atoms with Crippen LogP contribution in [0.15, 0.2) is 48.5 Å². The van der Waals surface area contributed by atoms with Crippen LogP contribution in [0, 0.1) is 18.2 Å². The Morgan fingerprint density at radius 3 is 1.65 bits per heavy atom. The van der Waals surface area contributed by atoms with E-state index in [1.165, 1.54) is 38.1 Å². The third-order valence-corrected chi connectivity index (χ3v) is 3.55. The maximum Gasteiger partial charge on any atom is 0.239 e. The minimum absolute atomic E-state index is 0.389. The fourth-order valence-corrected chi connectivity index (χ4v) is 1.85. The molecule has 0 unspecified atom stereocenters. The van der Waals surface area contributed by atoms with Gasteiger partial charge in [-0.25, -0.2) is 4.39 Å². The molecule has 0 aliphatic heterocycles. The Morgan fingerprint density at radius 2 is 1.22 bits per heavy atom. The van der Waals surface area contributed by atoms with E-state index in [9.17, 15) is 14.0 Å². The Kier molecular flexibility index (Phi) is 4.79. The fourth-order valence-electron chi connectivity index (χ4n) is 1.85. The van der Waals surface area contributed by atoms with Crippen LogP contribution in [0.2, 0.25) is 0 Å². The lowest BCUT2D eigenvalue weighted by Gasteiger charge is -2.22. The molecule has 0 radical (unpaired) electrons. The largest absolute Gasteiger partial charge is 0.325 e. The van der Waals surface area contributed by atoms with Crippen molar-refractivity contribution in [3.8, 4) is 0 Å². The Labute approximate surface area is 134 Å². The standard InChI is InChI=1S/C18H19FN2O2/c1-12-4-8-14(9-5-12)20-16(22)18(2,3)17(23)21-15-10-6-13(19)7-11-15/h4-11H,1-3H3,(H,20,22)(H,21,23). The number of hydrogen-bond acceptors (Lipinski definition) is 2. The van der Waals surface area contributed by atoms with E-state index in [0.717, 1.165) is 5.56 Å². The van der Waals surface area contributed by atoms with Crippen molar-refractivity contribution < 1.29 is 14.0 Å². The molecule has 0 fully saturated rings. The van der Waals surface area contributed by atoms with Gasteiger partial charge in [-0.1, -0.05) is 17.7 Å². The van der Waals surface area contributed by atoms with Crippen molar-refractivity contribution >= 4 is 23.2 Å². The highest BCUT2D eigenvalue weighted by atomic mass is 19.1. The van der Waals surface area contributed by atoms with Gasteiger partial charge in [0.25, 0.3) is 0 Å². The molecule has 4 nitrogen and oxygen atoms in total. The summed E-state index contributed by atoms with van der Waals surface area (Å²) in [7, 11) is 0. The molecule has 0 bridgehead atoms. The second-order valence-corrected chi connectivity index (χ2v) is 5.91. The lowest BCUT2D eigenvalue weighted by Crippen LogP contribution is -2.41. The van der Waals surface area contributed by atoms with Crippen molar-refractivity contribution in [1.29, 1.82) is 0 Å². The molecular formula is C18H19FN2O2. The summed E-state index contributed by atoms with van der Waals surface area (Å²) in [5.41, 5.74) is 0.867. The summed E-state index contributed by atoms with van der Waals surface area (Å²) in [6.07, 6.45) is 0. The summed E-state index contributed by atoms with van der Waals surface area (Å²) < 4.78 is 12.9. The van der Waals surface area contributed by atoms with Crippen molar-refractivity contribution in [1.82, 2.24) is 0 Å². The van der Waals surface area contributed by atoms with E-state index in [4.69, 9.17) is 0 Å². The summed E-state index contributed by atoms with van der Waals surface area (Å²) in [4.78, 5) is 24.7. The minimum atomic E-state index is -1.28. The van der Waals surface area contributed by atoms with Gasteiger partial charge in [0.15, 0.2) is 0 Å². The predicted octanol–water partition coefficient (Wildman–Crippen LogP) is 3.74. The number of rotatable bonds is 4. The molecule has 5 heteroatoms. The molecule has 0 saturated carbocycles. The summed E-state index contributed by atoms with van der Waals surface area (Å²) in [6, 6.07) is 12.7. The number of halogens is 1. The lowest BCUT2D eigenvalue weighted by molar-refractivity contribution is -0.135. The van der Waals surface area contributed by atoms with Gasteiger partial charge in [-0.05, 0) is 57.2 Å². The number of aryl methyl sites for hydroxylation is 1. The Hall–Kier alpha value is -2.69. The van der Waals surface area contributed by atoms with Crippen LogP contribution >= 0.6 is 0 Å². The first-order valence-corrected chi connectivity index (χ1v) is 7.24. The molecule has 0 saturated heterocycles. The second-order valence-electron chi connectivity index (χ2n) is 5.91. The first-order valence-electron chi connectivity index (χ1n) is 7.24. The van der Waals surface area contributed by atoms with E-state index in [0.29, 0.717) is 11.4 Å². The van der Waals surface area contributed by atoms with Crippen LogP contribution < -0.4 is 10.6 Å². The van der Waals surface area contributed by atoms with Crippen LogP contribution in [-0.2, 0) is 9.59 Å². The number of nitrogens with one attached hydrogen (secondary N) is 2. The van der Waals surface area contributed by atoms with Crippen LogP contribution in [0.4, 0.5) is 15.8 Å². The quantitative estimate of drug-likeness (QED) is 0.845. The molecule has 2 aromatic rings. The monoisotopic (exact) mass is 314 g/mol. The highest BCUT2D eigenvalue weighted by Gasteiger charge is 2.36. The maximum atomic E-state index is 12.9. The first-order chi connectivity index (χ1) is 10.8. The topological polar surface area (TPSA) is 58.2 Å². The number of hydrogen-bond donors (Lipinski definition) is 2. The Morgan fingerprint density at radius 1 is 0.826 bits per heavy atom. The van der Waals surface area contributed by atoms with E-state index in [2.05, 4.69) is 10.6 Å². The van der Waals surface area contributed by atoms with Gasteiger partial charge in [0, 0.05) is 11.4 Å². The highest BCUT2D eigenvalue weighted by Crippen LogP contribution is 2.22. The van der Waals surface area contributed by atoms with Crippen LogP contribution in [0.1, 0.15) is 19.4 Å². The molecule has 2 amide bonds. The zero-order valence-electron chi connectivity index (χ0n) is 13.3. The molecule has 0 aliphatic rings. The SMILES string of the molecule is Cc1ccc(NC(=O)C(C)(C)C(=O)Nc2ccc(F)cc2)cc1. The van der Waals surface area contributed by atoms with E-state index in [-0.39, 0.29) is 5.82 Å². The molecule has 0 aliphatic carbocycles. The van der Waals surface area contributed by atoms with Crippen LogP contribution in [0.25, 0.3) is 0 Å². The van der Waals surface area contributed by atoms with Gasteiger partial charge in [0.05, 0.1) is 0 Å². The van der Waals surface area contributed by atoms with E-state index >= 15 is 0 Å². The van der Waals surface area contributed by atoms with Crippen LogP contribution in [-0.4, -0.2) is 11.8 Å². The minimum Gasteiger partial charge on any atom is -0.325 e. The zero-order valence-corrected chi connectivity index (χ0v) is 13.3. The fraction of sp³-hybridized carbons (Fsp3) is 0.222. The van der Waals surface area contributed by atoms with Gasteiger partial charge in [0.1, 0.15) is 11.2 Å². The van der Waals surface area contributed by atoms with Crippen molar-refractivity contribution in [3.05, 3.63) is 59.9 Å². The van der Waals surface area contributed by atoms with Gasteiger partial charge in [-0.3, -0.25) is 9.59 Å². The van der Waals surface area contributed by atoms with E-state index in [1.54, 1.807) is 12.1 Å². The van der Waals surface area contributed by atoms with Gasteiger partial charge in [-0.15, -0.1) is 0 Å². The summed E-state index contributed by atoms with van der Waals surface area (Å²) in [5, 5.41) is 5.34. The third-order valence-electron chi connectivity index (χ3n) is 3.55. The Balaban J connectivity index is 2.06. The molecule has 120 valence electrons. The van der Waals surface area contributed by atoms with E-state index in [1.807, 2.05) is 19.1 Å². The average molecular weight is 314 g/mol. The van der Waals surface area contributed by atoms with Crippen molar-refractivity contribution in [2.24, 2.45) is 5.41 Å². The number of benzene rings is 2. The molecule has 23 heavy (non-hydrogen) atoms. The van der Waals surface area contributed by atoms with Gasteiger partial charge in [-0.2, -0.15) is 0 Å². The smallest absolute Gasteiger partial charge is 0.239 e. The number of amides is 2. The maximum absolute atomic E-state index is 12.9. The van der Waals surface area contributed by atoms with Crippen LogP contribution in [0.3, 0.4) is 0 Å². The van der Waals surface area contributed by atoms with Gasteiger partial charge in [0.2, 0.25) is 11.8 Å². The number of carbonyl (C=O) groups is 2. The molecule has 2 N–H and O–H groups in total. The molecule has 0 spiro atoms. The van der Waals surface area contributed by atoms with Gasteiger partial charge >= 0.3 is 0 Å². The molecule has 0 heterocycles. The van der Waals surface area contributed by atoms with Crippen molar-refractivity contribution in [2.45, 2.75) is 20.8 Å². The Bertz CT molecular complexity index is 645. The molecule has 0 atom stereocenters. The summed E-state index contributed by atoms with van der Waals surface area (Å²) >= 11 is 0. The van der Waals surface area contributed by atoms with Crippen molar-refractivity contribution in [3.63, 3.8) is 0 Å². The average Bonchev–Trinajstić information content (AvgIpc) is 2.51. The predicted molar refractivity (Wildman–Crippen MR) is 88.6 cm³/mol. The zero-order chi connectivity index (χ0) is 17.0. The van der Waals surface area contributed by atoms with Crippen molar-refractivity contribution in [2.75, 3.05) is 10.6 Å². The molecular weight excluding hydrogens is 295 g/mol. The number of anilines is 2. The molecule has 0 aromatic heterocycles. The van der Waals surface area contributed by atoms with Crippen LogP contribution in [0.5, 0.6) is 0 Å². The summed E-state index contributed by atoms with van der Waals surface area (Å²) in [6.45, 7) is 5.02. The summed E-state index contributed by atoms with van der Waals surface area (Å²) in [5.74, 6) is -1.27. The highest BCUT2D eigenvalue weighted by molar-refractivity contribution is 6.13. The van der Waals surface area contributed by atoms with Gasteiger partial charge < -0.3 is 10.6 Å². The molecule has 2 aromatic carbocycles. The number of carbonyl (C=O) groups excluding carboxylic acids is 2. The second kappa shape index (κ2) is 6.60.